The normalized spacial score (nSPS) is 16.4. The lowest BCUT2D eigenvalue weighted by Crippen LogP contribution is -2.19. The Labute approximate surface area is 114 Å². The minimum Gasteiger partial charge on any atom is -0.370 e. The monoisotopic (exact) mass is 269 g/mol. The van der Waals surface area contributed by atoms with E-state index in [0.717, 1.165) is 11.3 Å². The minimum absolute atomic E-state index is 0.0202. The predicted molar refractivity (Wildman–Crippen MR) is 74.5 cm³/mol. The number of amides is 1. The van der Waals surface area contributed by atoms with Crippen LogP contribution in [0.1, 0.15) is 11.6 Å². The van der Waals surface area contributed by atoms with E-state index >= 15 is 0 Å². The van der Waals surface area contributed by atoms with Gasteiger partial charge < -0.3 is 10.6 Å². The van der Waals surface area contributed by atoms with Crippen molar-refractivity contribution in [3.63, 3.8) is 0 Å². The van der Waals surface area contributed by atoms with E-state index in [1.807, 2.05) is 24.3 Å². The lowest BCUT2D eigenvalue weighted by molar-refractivity contribution is -0.384. The summed E-state index contributed by atoms with van der Waals surface area (Å²) < 4.78 is 0. The fraction of sp³-hybridized carbons (Fsp3) is 0.0714. The maximum Gasteiger partial charge on any atom is 0.269 e. The number of hydrogen-bond donors (Lipinski definition) is 2. The van der Waals surface area contributed by atoms with Crippen LogP contribution in [0.4, 0.5) is 17.1 Å². The molecule has 0 saturated heterocycles. The van der Waals surface area contributed by atoms with Crippen LogP contribution in [0.15, 0.2) is 48.5 Å². The van der Waals surface area contributed by atoms with Gasteiger partial charge in [0.15, 0.2) is 0 Å². The Morgan fingerprint density at radius 1 is 1.10 bits per heavy atom. The number of nitro groups is 1. The molecule has 2 aromatic carbocycles. The van der Waals surface area contributed by atoms with Gasteiger partial charge in [-0.25, -0.2) is 0 Å². The SMILES string of the molecule is O=C1Nc2ccccc2C1Nc1ccc([N+](=O)[O-])cc1. The van der Waals surface area contributed by atoms with E-state index in [4.69, 9.17) is 0 Å². The second-order valence-corrected chi connectivity index (χ2v) is 4.46. The first kappa shape index (κ1) is 12.2. The van der Waals surface area contributed by atoms with Crippen LogP contribution in [-0.4, -0.2) is 10.8 Å². The molecule has 6 nitrogen and oxygen atoms in total. The fourth-order valence-corrected chi connectivity index (χ4v) is 2.20. The standard InChI is InChI=1S/C14H11N3O3/c18-14-13(11-3-1-2-4-12(11)16-14)15-9-5-7-10(8-6-9)17(19)20/h1-8,13,15H,(H,16,18). The molecule has 0 saturated carbocycles. The summed E-state index contributed by atoms with van der Waals surface area (Å²) in [5.41, 5.74) is 2.34. The van der Waals surface area contributed by atoms with Gasteiger partial charge in [-0.1, -0.05) is 18.2 Å². The van der Waals surface area contributed by atoms with E-state index in [-0.39, 0.29) is 11.6 Å². The van der Waals surface area contributed by atoms with Gasteiger partial charge in [0.2, 0.25) is 0 Å². The molecule has 0 spiro atoms. The van der Waals surface area contributed by atoms with E-state index in [2.05, 4.69) is 10.6 Å². The van der Waals surface area contributed by atoms with E-state index in [1.165, 1.54) is 12.1 Å². The van der Waals surface area contributed by atoms with Crippen LogP contribution >= 0.6 is 0 Å². The van der Waals surface area contributed by atoms with Crippen LogP contribution in [-0.2, 0) is 4.79 Å². The molecule has 1 unspecified atom stereocenters. The third-order valence-corrected chi connectivity index (χ3v) is 3.18. The van der Waals surface area contributed by atoms with Crippen LogP contribution in [0.2, 0.25) is 0 Å². The summed E-state index contributed by atoms with van der Waals surface area (Å²) in [5, 5.41) is 16.5. The third kappa shape index (κ3) is 2.07. The number of nitro benzene ring substituents is 1. The van der Waals surface area contributed by atoms with Crippen LogP contribution in [0.25, 0.3) is 0 Å². The molecule has 2 N–H and O–H groups in total. The van der Waals surface area contributed by atoms with Gasteiger partial charge in [-0.3, -0.25) is 14.9 Å². The minimum atomic E-state index is -0.479. The maximum absolute atomic E-state index is 11.9. The molecule has 1 amide bonds. The highest BCUT2D eigenvalue weighted by Gasteiger charge is 2.29. The largest absolute Gasteiger partial charge is 0.370 e. The van der Waals surface area contributed by atoms with Crippen molar-refractivity contribution in [3.8, 4) is 0 Å². The lowest BCUT2D eigenvalue weighted by Gasteiger charge is -2.12. The molecule has 1 heterocycles. The van der Waals surface area contributed by atoms with E-state index in [9.17, 15) is 14.9 Å². The first-order valence-corrected chi connectivity index (χ1v) is 6.06. The van der Waals surface area contributed by atoms with Crippen LogP contribution in [0.3, 0.4) is 0 Å². The van der Waals surface area contributed by atoms with Crippen molar-refractivity contribution in [1.82, 2.24) is 0 Å². The Morgan fingerprint density at radius 2 is 1.80 bits per heavy atom. The molecule has 20 heavy (non-hydrogen) atoms. The number of carbonyl (C=O) groups excluding carboxylic acids is 1. The molecule has 1 atom stereocenters. The number of anilines is 2. The summed E-state index contributed by atoms with van der Waals surface area (Å²) >= 11 is 0. The maximum atomic E-state index is 11.9. The Morgan fingerprint density at radius 3 is 2.50 bits per heavy atom. The van der Waals surface area contributed by atoms with Crippen molar-refractivity contribution < 1.29 is 9.72 Å². The van der Waals surface area contributed by atoms with Gasteiger partial charge >= 0.3 is 0 Å². The Hall–Kier alpha value is -2.89. The number of non-ortho nitro benzene ring substituents is 1. The molecule has 0 aromatic heterocycles. The van der Waals surface area contributed by atoms with Gasteiger partial charge in [0.25, 0.3) is 11.6 Å². The first-order chi connectivity index (χ1) is 9.65. The summed E-state index contributed by atoms with van der Waals surface area (Å²) in [4.78, 5) is 22.1. The summed E-state index contributed by atoms with van der Waals surface area (Å²) in [5.74, 6) is -0.135. The highest BCUT2D eigenvalue weighted by molar-refractivity contribution is 6.04. The fourth-order valence-electron chi connectivity index (χ4n) is 2.20. The van der Waals surface area contributed by atoms with E-state index in [1.54, 1.807) is 12.1 Å². The Bertz CT molecular complexity index is 682. The van der Waals surface area contributed by atoms with Crippen molar-refractivity contribution in [2.75, 3.05) is 10.6 Å². The zero-order valence-corrected chi connectivity index (χ0v) is 10.4. The molecule has 0 aliphatic carbocycles. The number of fused-ring (bicyclic) bond motifs is 1. The molecular formula is C14H11N3O3. The molecule has 0 fully saturated rings. The van der Waals surface area contributed by atoms with Gasteiger partial charge in [-0.2, -0.15) is 0 Å². The highest BCUT2D eigenvalue weighted by Crippen LogP contribution is 2.33. The quantitative estimate of drug-likeness (QED) is 0.662. The molecular weight excluding hydrogens is 258 g/mol. The predicted octanol–water partition coefficient (Wildman–Crippen LogP) is 2.70. The summed E-state index contributed by atoms with van der Waals surface area (Å²) in [7, 11) is 0. The average Bonchev–Trinajstić information content (AvgIpc) is 2.76. The second-order valence-electron chi connectivity index (χ2n) is 4.46. The van der Waals surface area contributed by atoms with E-state index < -0.39 is 11.0 Å². The number of carbonyl (C=O) groups is 1. The summed E-state index contributed by atoms with van der Waals surface area (Å²) in [6, 6.07) is 12.9. The number of benzene rings is 2. The van der Waals surface area contributed by atoms with Gasteiger partial charge in [0, 0.05) is 29.1 Å². The molecule has 6 heteroatoms. The number of para-hydroxylation sites is 1. The molecule has 1 aliphatic heterocycles. The Balaban J connectivity index is 1.84. The zero-order valence-electron chi connectivity index (χ0n) is 10.4. The Kier molecular flexibility index (Phi) is 2.83. The van der Waals surface area contributed by atoms with Crippen molar-refractivity contribution in [1.29, 1.82) is 0 Å². The molecule has 0 bridgehead atoms. The number of rotatable bonds is 3. The van der Waals surface area contributed by atoms with E-state index in [0.29, 0.717) is 5.69 Å². The van der Waals surface area contributed by atoms with Crippen LogP contribution in [0.5, 0.6) is 0 Å². The van der Waals surface area contributed by atoms with Gasteiger partial charge in [0.1, 0.15) is 6.04 Å². The average molecular weight is 269 g/mol. The molecule has 0 radical (unpaired) electrons. The zero-order chi connectivity index (χ0) is 14.1. The van der Waals surface area contributed by atoms with Crippen molar-refractivity contribution in [3.05, 3.63) is 64.2 Å². The first-order valence-electron chi connectivity index (χ1n) is 6.06. The number of hydrogen-bond acceptors (Lipinski definition) is 4. The molecule has 3 rings (SSSR count). The number of nitrogens with one attached hydrogen (secondary N) is 2. The van der Waals surface area contributed by atoms with Crippen molar-refractivity contribution in [2.45, 2.75) is 6.04 Å². The highest BCUT2D eigenvalue weighted by atomic mass is 16.6. The number of nitrogens with zero attached hydrogens (tertiary/aromatic N) is 1. The summed E-state index contributed by atoms with van der Waals surface area (Å²) in [6.45, 7) is 0. The lowest BCUT2D eigenvalue weighted by atomic mass is 10.1. The molecule has 100 valence electrons. The van der Waals surface area contributed by atoms with Crippen LogP contribution < -0.4 is 10.6 Å². The van der Waals surface area contributed by atoms with Gasteiger partial charge in [-0.05, 0) is 18.2 Å². The van der Waals surface area contributed by atoms with Crippen LogP contribution in [0, 0.1) is 10.1 Å². The van der Waals surface area contributed by atoms with Gasteiger partial charge in [-0.15, -0.1) is 0 Å². The second kappa shape index (κ2) is 4.65. The van der Waals surface area contributed by atoms with Gasteiger partial charge in [0.05, 0.1) is 4.92 Å². The molecule has 2 aromatic rings. The molecule has 1 aliphatic rings. The smallest absolute Gasteiger partial charge is 0.269 e. The third-order valence-electron chi connectivity index (χ3n) is 3.18. The van der Waals surface area contributed by atoms with Crippen molar-refractivity contribution >= 4 is 23.0 Å². The topological polar surface area (TPSA) is 84.3 Å². The van der Waals surface area contributed by atoms with Crippen molar-refractivity contribution in [2.24, 2.45) is 0 Å². The summed E-state index contributed by atoms with van der Waals surface area (Å²) in [6.07, 6.45) is 0.